The number of aromatic nitrogens is 4. The molecule has 0 aliphatic carbocycles. The van der Waals surface area contributed by atoms with Crippen LogP contribution in [0.3, 0.4) is 0 Å². The molecule has 32 heavy (non-hydrogen) atoms. The first-order chi connectivity index (χ1) is 15.2. The number of rotatable bonds is 9. The minimum absolute atomic E-state index is 0.0155. The quantitative estimate of drug-likeness (QED) is 0.482. The molecule has 11 heteroatoms. The number of thioether (sulfide) groups is 1. The molecule has 1 amide bonds. The van der Waals surface area contributed by atoms with E-state index in [0.717, 1.165) is 30.7 Å². The number of anilines is 1. The van der Waals surface area contributed by atoms with Crippen LogP contribution in [0.1, 0.15) is 12.0 Å². The summed E-state index contributed by atoms with van der Waals surface area (Å²) in [7, 11) is 3.98. The first kappa shape index (κ1) is 23.7. The zero-order valence-corrected chi connectivity index (χ0v) is 18.5. The van der Waals surface area contributed by atoms with Gasteiger partial charge in [-0.15, -0.1) is 10.2 Å². The van der Waals surface area contributed by atoms with Gasteiger partial charge < -0.3 is 14.8 Å². The largest absolute Gasteiger partial charge is 0.416 e. The highest BCUT2D eigenvalue weighted by atomic mass is 32.2. The van der Waals surface area contributed by atoms with Gasteiger partial charge in [0.2, 0.25) is 5.91 Å². The molecule has 0 aliphatic heterocycles. The molecule has 0 aliphatic rings. The molecule has 3 rings (SSSR count). The predicted octanol–water partition coefficient (Wildman–Crippen LogP) is 4.04. The minimum Gasteiger partial charge on any atom is -0.325 e. The van der Waals surface area contributed by atoms with Gasteiger partial charge in [0.15, 0.2) is 11.0 Å². The fourth-order valence-corrected chi connectivity index (χ4v) is 3.72. The number of hydrogen-bond acceptors (Lipinski definition) is 6. The summed E-state index contributed by atoms with van der Waals surface area (Å²) in [4.78, 5) is 18.4. The number of nitrogens with one attached hydrogen (secondary N) is 1. The van der Waals surface area contributed by atoms with Gasteiger partial charge in [-0.05, 0) is 57.4 Å². The third-order valence-corrected chi connectivity index (χ3v) is 5.42. The summed E-state index contributed by atoms with van der Waals surface area (Å²) in [5.41, 5.74) is 0.138. The molecular weight excluding hydrogens is 441 g/mol. The molecule has 7 nitrogen and oxygen atoms in total. The van der Waals surface area contributed by atoms with Crippen LogP contribution in [0.15, 0.2) is 53.9 Å². The Balaban J connectivity index is 1.70. The van der Waals surface area contributed by atoms with Crippen molar-refractivity contribution in [3.05, 3.63) is 54.4 Å². The molecule has 2 heterocycles. The van der Waals surface area contributed by atoms with E-state index < -0.39 is 17.6 Å². The van der Waals surface area contributed by atoms with Crippen molar-refractivity contribution in [3.63, 3.8) is 0 Å². The number of amides is 1. The Hall–Kier alpha value is -2.92. The standard InChI is InChI=1S/C21H23F3N6OS/c1-29(2)11-4-12-30-19(15-7-9-25-10-8-15)27-28-20(30)32-14-18(31)26-17-6-3-5-16(13-17)21(22,23)24/h3,5-10,13H,4,11-12,14H2,1-2H3,(H,26,31). The predicted molar refractivity (Wildman–Crippen MR) is 117 cm³/mol. The molecule has 0 saturated carbocycles. The molecular formula is C21H23F3N6OS. The van der Waals surface area contributed by atoms with Gasteiger partial charge in [-0.3, -0.25) is 9.78 Å². The maximum atomic E-state index is 12.9. The lowest BCUT2D eigenvalue weighted by atomic mass is 10.2. The van der Waals surface area contributed by atoms with Crippen LogP contribution >= 0.6 is 11.8 Å². The third-order valence-electron chi connectivity index (χ3n) is 4.45. The monoisotopic (exact) mass is 464 g/mol. The van der Waals surface area contributed by atoms with Crippen molar-refractivity contribution in [1.82, 2.24) is 24.6 Å². The summed E-state index contributed by atoms with van der Waals surface area (Å²) in [6.45, 7) is 1.52. The first-order valence-electron chi connectivity index (χ1n) is 9.82. The van der Waals surface area contributed by atoms with Crippen LogP contribution in [0, 0.1) is 0 Å². The zero-order chi connectivity index (χ0) is 23.1. The van der Waals surface area contributed by atoms with Gasteiger partial charge in [-0.25, -0.2) is 0 Å². The highest BCUT2D eigenvalue weighted by Gasteiger charge is 2.30. The average Bonchev–Trinajstić information content (AvgIpc) is 3.15. The summed E-state index contributed by atoms with van der Waals surface area (Å²) in [5.74, 6) is 0.230. The Morgan fingerprint density at radius 3 is 2.59 bits per heavy atom. The lowest BCUT2D eigenvalue weighted by Crippen LogP contribution is -2.17. The SMILES string of the molecule is CN(C)CCCn1c(SCC(=O)Nc2cccc(C(F)(F)F)c2)nnc1-c1ccncc1. The van der Waals surface area contributed by atoms with Crippen molar-refractivity contribution in [3.8, 4) is 11.4 Å². The Morgan fingerprint density at radius 1 is 1.16 bits per heavy atom. The van der Waals surface area contributed by atoms with E-state index in [9.17, 15) is 18.0 Å². The molecule has 2 aromatic heterocycles. The number of carbonyl (C=O) groups is 1. The Kier molecular flexibility index (Phi) is 7.86. The van der Waals surface area contributed by atoms with Crippen molar-refractivity contribution < 1.29 is 18.0 Å². The molecule has 1 N–H and O–H groups in total. The van der Waals surface area contributed by atoms with Crippen molar-refractivity contribution in [2.24, 2.45) is 0 Å². The van der Waals surface area contributed by atoms with Gasteiger partial charge in [0, 0.05) is 30.2 Å². The first-order valence-corrected chi connectivity index (χ1v) is 10.8. The number of pyridine rings is 1. The molecule has 0 unspecified atom stereocenters. The van der Waals surface area contributed by atoms with Crippen LogP contribution in [0.4, 0.5) is 18.9 Å². The van der Waals surface area contributed by atoms with Crippen LogP contribution in [0.5, 0.6) is 0 Å². The molecule has 0 atom stereocenters. The maximum Gasteiger partial charge on any atom is 0.416 e. The van der Waals surface area contributed by atoms with Gasteiger partial charge in [0.05, 0.1) is 11.3 Å². The van der Waals surface area contributed by atoms with E-state index in [1.54, 1.807) is 12.4 Å². The zero-order valence-electron chi connectivity index (χ0n) is 17.6. The van der Waals surface area contributed by atoms with Crippen molar-refractivity contribution in [1.29, 1.82) is 0 Å². The summed E-state index contributed by atoms with van der Waals surface area (Å²) >= 11 is 1.18. The second-order valence-corrected chi connectivity index (χ2v) is 8.21. The number of hydrogen-bond donors (Lipinski definition) is 1. The van der Waals surface area contributed by atoms with Crippen LogP contribution in [-0.2, 0) is 17.5 Å². The van der Waals surface area contributed by atoms with Gasteiger partial charge in [0.1, 0.15) is 0 Å². The fraction of sp³-hybridized carbons (Fsp3) is 0.333. The summed E-state index contributed by atoms with van der Waals surface area (Å²) in [6, 6.07) is 8.22. The minimum atomic E-state index is -4.47. The van der Waals surface area contributed by atoms with E-state index in [-0.39, 0.29) is 11.4 Å². The molecule has 0 radical (unpaired) electrons. The molecule has 3 aromatic rings. The molecule has 1 aromatic carbocycles. The molecule has 0 saturated heterocycles. The van der Waals surface area contributed by atoms with Crippen LogP contribution in [0.25, 0.3) is 11.4 Å². The summed E-state index contributed by atoms with van der Waals surface area (Å²) < 4.78 is 40.6. The van der Waals surface area contributed by atoms with E-state index in [1.807, 2.05) is 30.8 Å². The normalized spacial score (nSPS) is 11.7. The highest BCUT2D eigenvalue weighted by molar-refractivity contribution is 7.99. The van der Waals surface area contributed by atoms with Gasteiger partial charge in [-0.2, -0.15) is 13.2 Å². The smallest absolute Gasteiger partial charge is 0.325 e. The van der Waals surface area contributed by atoms with Crippen LogP contribution in [0.2, 0.25) is 0 Å². The second kappa shape index (κ2) is 10.6. The second-order valence-electron chi connectivity index (χ2n) is 7.27. The van der Waals surface area contributed by atoms with Crippen molar-refractivity contribution in [2.75, 3.05) is 31.7 Å². The molecule has 170 valence electrons. The van der Waals surface area contributed by atoms with E-state index >= 15 is 0 Å². The lowest BCUT2D eigenvalue weighted by molar-refractivity contribution is -0.137. The number of halogens is 3. The number of benzene rings is 1. The van der Waals surface area contributed by atoms with E-state index in [1.165, 1.54) is 23.9 Å². The molecule has 0 fully saturated rings. The summed E-state index contributed by atoms with van der Waals surface area (Å²) in [5, 5.41) is 11.6. The molecule has 0 spiro atoms. The Bertz CT molecular complexity index is 1040. The van der Waals surface area contributed by atoms with Crippen LogP contribution in [-0.4, -0.2) is 56.9 Å². The summed E-state index contributed by atoms with van der Waals surface area (Å²) in [6.07, 6.45) is -0.276. The Morgan fingerprint density at radius 2 is 1.91 bits per heavy atom. The van der Waals surface area contributed by atoms with E-state index in [2.05, 4.69) is 25.4 Å². The third kappa shape index (κ3) is 6.54. The number of carbonyl (C=O) groups excluding carboxylic acids is 1. The number of alkyl halides is 3. The van der Waals surface area contributed by atoms with Gasteiger partial charge in [-0.1, -0.05) is 17.8 Å². The van der Waals surface area contributed by atoms with Gasteiger partial charge >= 0.3 is 6.18 Å². The molecule has 0 bridgehead atoms. The Labute approximate surface area is 188 Å². The fourth-order valence-electron chi connectivity index (χ4n) is 2.96. The topological polar surface area (TPSA) is 75.9 Å². The van der Waals surface area contributed by atoms with Crippen molar-refractivity contribution in [2.45, 2.75) is 24.3 Å². The van der Waals surface area contributed by atoms with Crippen LogP contribution < -0.4 is 5.32 Å². The van der Waals surface area contributed by atoms with E-state index in [0.29, 0.717) is 17.5 Å². The van der Waals surface area contributed by atoms with E-state index in [4.69, 9.17) is 0 Å². The van der Waals surface area contributed by atoms with Crippen molar-refractivity contribution >= 4 is 23.4 Å². The average molecular weight is 465 g/mol. The lowest BCUT2D eigenvalue weighted by Gasteiger charge is -2.13. The highest BCUT2D eigenvalue weighted by Crippen LogP contribution is 2.31. The maximum absolute atomic E-state index is 12.9. The van der Waals surface area contributed by atoms with Gasteiger partial charge in [0.25, 0.3) is 0 Å². The number of nitrogens with zero attached hydrogens (tertiary/aromatic N) is 5.